The van der Waals surface area contributed by atoms with Crippen molar-refractivity contribution in [2.24, 2.45) is 11.8 Å². The lowest BCUT2D eigenvalue weighted by atomic mass is 9.94. The Kier molecular flexibility index (Phi) is 41.8. The smallest absolute Gasteiger partial charge is 0.308 e. The van der Waals surface area contributed by atoms with Crippen LogP contribution in [-0.4, -0.2) is 57.7 Å². The minimum absolute atomic E-state index is 0.0306. The summed E-state index contributed by atoms with van der Waals surface area (Å²) in [6.07, 6.45) is 36.4. The maximum Gasteiger partial charge on any atom is 0.308 e. The minimum Gasteiger partial charge on any atom is -0.465 e. The fourth-order valence-electron chi connectivity index (χ4n) is 8.03. The molecule has 1 aromatic carbocycles. The van der Waals surface area contributed by atoms with Gasteiger partial charge in [-0.1, -0.05) is 199 Å². The highest BCUT2D eigenvalue weighted by Crippen LogP contribution is 2.22. The quantitative estimate of drug-likeness (QED) is 0.0477. The highest BCUT2D eigenvalue weighted by molar-refractivity contribution is 5.72. The van der Waals surface area contributed by atoms with Crippen molar-refractivity contribution in [1.29, 1.82) is 0 Å². The summed E-state index contributed by atoms with van der Waals surface area (Å²) in [6, 6.07) is 10.3. The molecule has 3 unspecified atom stereocenters. The number of rotatable bonds is 47. The largest absolute Gasteiger partial charge is 0.465 e. The number of unbranched alkanes of at least 4 members (excludes halogenated alkanes) is 22. The Labute approximate surface area is 377 Å². The van der Waals surface area contributed by atoms with Crippen LogP contribution in [0.3, 0.4) is 0 Å². The van der Waals surface area contributed by atoms with Gasteiger partial charge in [-0.05, 0) is 69.8 Å². The summed E-state index contributed by atoms with van der Waals surface area (Å²) < 4.78 is 30.0. The molecular formula is C54H98O7. The second-order valence-corrected chi connectivity index (χ2v) is 17.9. The Morgan fingerprint density at radius 3 is 1.23 bits per heavy atom. The molecule has 0 radical (unpaired) electrons. The van der Waals surface area contributed by atoms with Crippen molar-refractivity contribution in [3.8, 4) is 0 Å². The highest BCUT2D eigenvalue weighted by Gasteiger charge is 2.20. The first-order valence-corrected chi connectivity index (χ1v) is 26.2. The fraction of sp³-hybridized carbons (Fsp3) is 0.852. The van der Waals surface area contributed by atoms with E-state index in [0.717, 1.165) is 108 Å². The lowest BCUT2D eigenvalue weighted by Gasteiger charge is -2.19. The van der Waals surface area contributed by atoms with E-state index in [9.17, 15) is 9.59 Å². The van der Waals surface area contributed by atoms with E-state index in [1.165, 1.54) is 103 Å². The molecular weight excluding hydrogens is 761 g/mol. The van der Waals surface area contributed by atoms with E-state index in [1.54, 1.807) is 0 Å². The van der Waals surface area contributed by atoms with E-state index in [1.807, 2.05) is 18.2 Å². The predicted molar refractivity (Wildman–Crippen MR) is 256 cm³/mol. The van der Waals surface area contributed by atoms with Crippen molar-refractivity contribution in [2.45, 2.75) is 246 Å². The molecule has 0 aliphatic carbocycles. The SMILES string of the molecule is CCCCCCCCC(CCCCCC)C(=O)OCCCCCCOCC(COCc1ccccc1)OCCCCCCOC(=O)C(CCCCCC)CCCCCCCC. The van der Waals surface area contributed by atoms with Crippen LogP contribution in [0.1, 0.15) is 239 Å². The number of ether oxygens (including phenoxy) is 5. The number of hydrogen-bond acceptors (Lipinski definition) is 7. The molecule has 0 aliphatic heterocycles. The highest BCUT2D eigenvalue weighted by atomic mass is 16.6. The van der Waals surface area contributed by atoms with Gasteiger partial charge in [-0.2, -0.15) is 0 Å². The van der Waals surface area contributed by atoms with Crippen LogP contribution in [0.15, 0.2) is 30.3 Å². The molecule has 0 aromatic heterocycles. The molecule has 7 heteroatoms. The fourth-order valence-corrected chi connectivity index (χ4v) is 8.03. The van der Waals surface area contributed by atoms with Gasteiger partial charge in [0.15, 0.2) is 0 Å². The second kappa shape index (κ2) is 44.6. The van der Waals surface area contributed by atoms with Crippen LogP contribution in [0, 0.1) is 11.8 Å². The van der Waals surface area contributed by atoms with Crippen LogP contribution in [0.25, 0.3) is 0 Å². The van der Waals surface area contributed by atoms with Gasteiger partial charge in [0.05, 0.1) is 44.9 Å². The summed E-state index contributed by atoms with van der Waals surface area (Å²) in [6.45, 7) is 12.9. The molecule has 3 atom stereocenters. The first kappa shape index (κ1) is 57.1. The Morgan fingerprint density at radius 1 is 0.410 bits per heavy atom. The van der Waals surface area contributed by atoms with Crippen molar-refractivity contribution >= 4 is 11.9 Å². The number of benzene rings is 1. The molecule has 1 aromatic rings. The normalized spacial score (nSPS) is 13.0. The molecule has 0 aliphatic rings. The molecule has 0 heterocycles. The van der Waals surface area contributed by atoms with Crippen molar-refractivity contribution < 1.29 is 33.3 Å². The van der Waals surface area contributed by atoms with E-state index in [4.69, 9.17) is 23.7 Å². The van der Waals surface area contributed by atoms with E-state index < -0.39 is 0 Å². The van der Waals surface area contributed by atoms with Gasteiger partial charge < -0.3 is 23.7 Å². The van der Waals surface area contributed by atoms with Crippen LogP contribution in [0.4, 0.5) is 0 Å². The van der Waals surface area contributed by atoms with Gasteiger partial charge in [0.25, 0.3) is 0 Å². The van der Waals surface area contributed by atoms with E-state index >= 15 is 0 Å². The molecule has 356 valence electrons. The number of carbonyl (C=O) groups is 2. The van der Waals surface area contributed by atoms with Crippen LogP contribution in [0.5, 0.6) is 0 Å². The van der Waals surface area contributed by atoms with E-state index in [0.29, 0.717) is 46.2 Å². The molecule has 0 fully saturated rings. The molecule has 0 saturated heterocycles. The summed E-state index contributed by atoms with van der Waals surface area (Å²) in [7, 11) is 0. The molecule has 0 saturated carbocycles. The molecule has 0 amide bonds. The van der Waals surface area contributed by atoms with Crippen molar-refractivity contribution in [2.75, 3.05) is 39.6 Å². The van der Waals surface area contributed by atoms with Crippen molar-refractivity contribution in [1.82, 2.24) is 0 Å². The topological polar surface area (TPSA) is 80.3 Å². The average molecular weight is 859 g/mol. The van der Waals surface area contributed by atoms with Crippen LogP contribution < -0.4 is 0 Å². The Hall–Kier alpha value is -1.96. The zero-order chi connectivity index (χ0) is 44.1. The first-order chi connectivity index (χ1) is 30.0. The Balaban J connectivity index is 2.34. The van der Waals surface area contributed by atoms with Crippen molar-refractivity contribution in [3.63, 3.8) is 0 Å². The van der Waals surface area contributed by atoms with Gasteiger partial charge >= 0.3 is 11.9 Å². The summed E-state index contributed by atoms with van der Waals surface area (Å²) >= 11 is 0. The predicted octanol–water partition coefficient (Wildman–Crippen LogP) is 15.5. The van der Waals surface area contributed by atoms with Crippen LogP contribution in [-0.2, 0) is 39.9 Å². The van der Waals surface area contributed by atoms with Crippen LogP contribution in [0.2, 0.25) is 0 Å². The van der Waals surface area contributed by atoms with Gasteiger partial charge in [-0.15, -0.1) is 0 Å². The maximum absolute atomic E-state index is 13.0. The van der Waals surface area contributed by atoms with E-state index in [-0.39, 0.29) is 29.9 Å². The molecule has 0 bridgehead atoms. The van der Waals surface area contributed by atoms with Gasteiger partial charge in [0.2, 0.25) is 0 Å². The zero-order valence-electron chi connectivity index (χ0n) is 40.6. The zero-order valence-corrected chi connectivity index (χ0v) is 40.6. The standard InChI is InChI=1S/C54H98O7/c1-5-9-13-17-19-30-40-50(38-28-15-11-7-3)53(55)60-44-34-22-21-32-42-57-47-52(48-58-46-49-36-26-25-27-37-49)59-43-33-23-24-35-45-61-54(56)51(39-29-16-12-8-4)41-31-20-18-14-10-6-2/h25-27,36-37,50-52H,5-24,28-35,38-48H2,1-4H3. The van der Waals surface area contributed by atoms with Crippen molar-refractivity contribution in [3.05, 3.63) is 35.9 Å². The molecule has 61 heavy (non-hydrogen) atoms. The lowest BCUT2D eigenvalue weighted by molar-refractivity contribution is -0.150. The maximum atomic E-state index is 13.0. The number of carbonyl (C=O) groups excluding carboxylic acids is 2. The summed E-state index contributed by atoms with van der Waals surface area (Å²) in [5, 5.41) is 0. The summed E-state index contributed by atoms with van der Waals surface area (Å²) in [5.74, 6) is 0.203. The molecule has 0 spiro atoms. The minimum atomic E-state index is -0.115. The van der Waals surface area contributed by atoms with Gasteiger partial charge in [-0.3, -0.25) is 9.59 Å². The average Bonchev–Trinajstić information content (AvgIpc) is 3.27. The van der Waals surface area contributed by atoms with Gasteiger partial charge in [0.1, 0.15) is 6.10 Å². The van der Waals surface area contributed by atoms with E-state index in [2.05, 4.69) is 39.8 Å². The third-order valence-corrected chi connectivity index (χ3v) is 12.1. The first-order valence-electron chi connectivity index (χ1n) is 26.2. The molecule has 7 nitrogen and oxygen atoms in total. The molecule has 0 N–H and O–H groups in total. The second-order valence-electron chi connectivity index (χ2n) is 17.9. The Bertz CT molecular complexity index is 1060. The summed E-state index contributed by atoms with van der Waals surface area (Å²) in [5.41, 5.74) is 1.15. The molecule has 1 rings (SSSR count). The third-order valence-electron chi connectivity index (χ3n) is 12.1. The monoisotopic (exact) mass is 859 g/mol. The van der Waals surface area contributed by atoms with Gasteiger partial charge in [-0.25, -0.2) is 0 Å². The Morgan fingerprint density at radius 2 is 0.770 bits per heavy atom. The lowest BCUT2D eigenvalue weighted by Crippen LogP contribution is -2.26. The summed E-state index contributed by atoms with van der Waals surface area (Å²) in [4.78, 5) is 26.0. The number of esters is 2. The number of hydrogen-bond donors (Lipinski definition) is 0. The van der Waals surface area contributed by atoms with Gasteiger partial charge in [0, 0.05) is 13.2 Å². The van der Waals surface area contributed by atoms with Crippen LogP contribution >= 0.6 is 0 Å². The third kappa shape index (κ3) is 36.1.